The summed E-state index contributed by atoms with van der Waals surface area (Å²) in [6, 6.07) is 6.82. The maximum absolute atomic E-state index is 13.0. The lowest BCUT2D eigenvalue weighted by atomic mass is 9.83. The second kappa shape index (κ2) is 7.94. The van der Waals surface area contributed by atoms with Gasteiger partial charge >= 0.3 is 0 Å². The van der Waals surface area contributed by atoms with Crippen LogP contribution in [0.15, 0.2) is 29.2 Å². The van der Waals surface area contributed by atoms with E-state index in [-0.39, 0.29) is 11.6 Å². The third kappa shape index (κ3) is 3.58. The van der Waals surface area contributed by atoms with E-state index in [0.29, 0.717) is 5.92 Å². The standard InChI is InChI=1S/C23H32N2O/c1-17-9-5-4-8-12-21(17)18-13-14-22-19(15-18)16-24-25(23(22)26)20-10-6-2-3-7-11-20/h13-17,20-21H,2-12H2,1H3. The van der Waals surface area contributed by atoms with Gasteiger partial charge in [0.15, 0.2) is 0 Å². The van der Waals surface area contributed by atoms with Crippen molar-refractivity contribution >= 4 is 10.8 Å². The lowest BCUT2D eigenvalue weighted by Gasteiger charge is -2.22. The Labute approximate surface area is 156 Å². The zero-order chi connectivity index (χ0) is 17.9. The van der Waals surface area contributed by atoms with Gasteiger partial charge in [-0.25, -0.2) is 4.68 Å². The van der Waals surface area contributed by atoms with E-state index in [1.165, 1.54) is 63.4 Å². The van der Waals surface area contributed by atoms with Gasteiger partial charge in [0.05, 0.1) is 17.6 Å². The summed E-state index contributed by atoms with van der Waals surface area (Å²) in [4.78, 5) is 13.0. The van der Waals surface area contributed by atoms with E-state index >= 15 is 0 Å². The molecule has 0 radical (unpaired) electrons. The Morgan fingerprint density at radius 3 is 2.42 bits per heavy atom. The molecule has 0 saturated heterocycles. The molecule has 2 aromatic rings. The quantitative estimate of drug-likeness (QED) is 0.624. The molecule has 2 atom stereocenters. The summed E-state index contributed by atoms with van der Waals surface area (Å²) >= 11 is 0. The molecule has 0 amide bonds. The van der Waals surface area contributed by atoms with Crippen molar-refractivity contribution in [3.63, 3.8) is 0 Å². The minimum Gasteiger partial charge on any atom is -0.267 e. The van der Waals surface area contributed by atoms with E-state index in [0.717, 1.165) is 29.5 Å². The van der Waals surface area contributed by atoms with Crippen LogP contribution in [0.3, 0.4) is 0 Å². The van der Waals surface area contributed by atoms with Crippen LogP contribution in [0.25, 0.3) is 10.8 Å². The normalized spacial score (nSPS) is 25.7. The van der Waals surface area contributed by atoms with Gasteiger partial charge in [-0.05, 0) is 48.8 Å². The molecule has 2 aliphatic carbocycles. The van der Waals surface area contributed by atoms with Gasteiger partial charge in [-0.1, -0.05) is 64.4 Å². The second-order valence-electron chi connectivity index (χ2n) is 8.61. The van der Waals surface area contributed by atoms with E-state index in [1.54, 1.807) is 4.68 Å². The monoisotopic (exact) mass is 352 g/mol. The van der Waals surface area contributed by atoms with Gasteiger partial charge in [-0.3, -0.25) is 4.79 Å². The van der Waals surface area contributed by atoms with Crippen molar-refractivity contribution in [1.82, 2.24) is 9.78 Å². The molecule has 0 aliphatic heterocycles. The zero-order valence-electron chi connectivity index (χ0n) is 16.1. The number of benzene rings is 1. The van der Waals surface area contributed by atoms with Crippen LogP contribution in [0, 0.1) is 5.92 Å². The van der Waals surface area contributed by atoms with E-state index in [2.05, 4.69) is 30.2 Å². The smallest absolute Gasteiger partial charge is 0.267 e. The number of nitrogens with zero attached hydrogens (tertiary/aromatic N) is 2. The van der Waals surface area contributed by atoms with Crippen LogP contribution in [0.4, 0.5) is 0 Å². The fourth-order valence-corrected chi connectivity index (χ4v) is 5.16. The molecule has 26 heavy (non-hydrogen) atoms. The van der Waals surface area contributed by atoms with E-state index in [9.17, 15) is 4.79 Å². The predicted octanol–water partition coefficient (Wildman–Crippen LogP) is 5.98. The van der Waals surface area contributed by atoms with E-state index in [4.69, 9.17) is 0 Å². The van der Waals surface area contributed by atoms with Gasteiger partial charge in [0.2, 0.25) is 0 Å². The van der Waals surface area contributed by atoms with Crippen molar-refractivity contribution in [2.75, 3.05) is 0 Å². The summed E-state index contributed by atoms with van der Waals surface area (Å²) in [5, 5.41) is 6.46. The molecule has 2 unspecified atom stereocenters. The van der Waals surface area contributed by atoms with Gasteiger partial charge in [0, 0.05) is 5.39 Å². The van der Waals surface area contributed by atoms with Crippen LogP contribution in [0.1, 0.15) is 95.1 Å². The molecule has 0 bridgehead atoms. The molecule has 1 heterocycles. The van der Waals surface area contributed by atoms with Gasteiger partial charge in [0.1, 0.15) is 0 Å². The Balaban J connectivity index is 1.67. The van der Waals surface area contributed by atoms with Crippen molar-refractivity contribution < 1.29 is 0 Å². The van der Waals surface area contributed by atoms with Crippen LogP contribution >= 0.6 is 0 Å². The molecule has 2 saturated carbocycles. The Bertz CT molecular complexity index is 801. The molecule has 4 rings (SSSR count). The topological polar surface area (TPSA) is 34.9 Å². The molecule has 2 aliphatic rings. The van der Waals surface area contributed by atoms with Gasteiger partial charge in [-0.2, -0.15) is 5.10 Å². The van der Waals surface area contributed by atoms with Gasteiger partial charge in [-0.15, -0.1) is 0 Å². The van der Waals surface area contributed by atoms with Crippen LogP contribution < -0.4 is 5.56 Å². The minimum absolute atomic E-state index is 0.106. The van der Waals surface area contributed by atoms with Gasteiger partial charge < -0.3 is 0 Å². The largest absolute Gasteiger partial charge is 0.274 e. The third-order valence-electron chi connectivity index (χ3n) is 6.80. The third-order valence-corrected chi connectivity index (χ3v) is 6.80. The maximum Gasteiger partial charge on any atom is 0.274 e. The second-order valence-corrected chi connectivity index (χ2v) is 8.61. The van der Waals surface area contributed by atoms with E-state index < -0.39 is 0 Å². The Hall–Kier alpha value is -1.64. The summed E-state index contributed by atoms with van der Waals surface area (Å²) in [5.41, 5.74) is 1.51. The average molecular weight is 353 g/mol. The number of hydrogen-bond donors (Lipinski definition) is 0. The van der Waals surface area contributed by atoms with E-state index in [1.807, 2.05) is 6.20 Å². The predicted molar refractivity (Wildman–Crippen MR) is 108 cm³/mol. The number of aromatic nitrogens is 2. The summed E-state index contributed by atoms with van der Waals surface area (Å²) in [7, 11) is 0. The van der Waals surface area contributed by atoms with Crippen LogP contribution in [-0.2, 0) is 0 Å². The fraction of sp³-hybridized carbons (Fsp3) is 0.652. The SMILES string of the molecule is CC1CCCCCC1c1ccc2c(=O)n(C3CCCCCC3)ncc2c1. The number of fused-ring (bicyclic) bond motifs is 1. The summed E-state index contributed by atoms with van der Waals surface area (Å²) in [6.45, 7) is 2.39. The molecule has 3 heteroatoms. The first-order valence-electron chi connectivity index (χ1n) is 10.8. The molecule has 2 fully saturated rings. The molecular weight excluding hydrogens is 320 g/mol. The minimum atomic E-state index is 0.106. The Kier molecular flexibility index (Phi) is 5.42. The highest BCUT2D eigenvalue weighted by molar-refractivity contribution is 5.81. The zero-order valence-corrected chi connectivity index (χ0v) is 16.1. The first kappa shape index (κ1) is 17.8. The molecule has 0 spiro atoms. The highest BCUT2D eigenvalue weighted by Gasteiger charge is 2.22. The maximum atomic E-state index is 13.0. The van der Waals surface area contributed by atoms with Gasteiger partial charge in [0.25, 0.3) is 5.56 Å². The summed E-state index contributed by atoms with van der Waals surface area (Å²) < 4.78 is 1.78. The van der Waals surface area contributed by atoms with Crippen LogP contribution in [0.5, 0.6) is 0 Å². The molecule has 3 nitrogen and oxygen atoms in total. The first-order valence-corrected chi connectivity index (χ1v) is 10.8. The first-order chi connectivity index (χ1) is 12.7. The highest BCUT2D eigenvalue weighted by atomic mass is 16.1. The Morgan fingerprint density at radius 2 is 1.62 bits per heavy atom. The molecular formula is C23H32N2O. The van der Waals surface area contributed by atoms with Crippen LogP contribution in [0.2, 0.25) is 0 Å². The number of hydrogen-bond acceptors (Lipinski definition) is 2. The molecule has 1 aromatic heterocycles. The lowest BCUT2D eigenvalue weighted by Crippen LogP contribution is -2.27. The van der Waals surface area contributed by atoms with Crippen molar-refractivity contribution in [2.45, 2.75) is 89.5 Å². The summed E-state index contributed by atoms with van der Waals surface area (Å²) in [6.07, 6.45) is 15.8. The lowest BCUT2D eigenvalue weighted by molar-refractivity contribution is 0.391. The molecule has 140 valence electrons. The van der Waals surface area contributed by atoms with Crippen molar-refractivity contribution in [2.24, 2.45) is 5.92 Å². The average Bonchev–Trinajstić information content (AvgIpc) is 3.04. The Morgan fingerprint density at radius 1 is 0.923 bits per heavy atom. The van der Waals surface area contributed by atoms with Crippen molar-refractivity contribution in [3.05, 3.63) is 40.3 Å². The highest BCUT2D eigenvalue weighted by Crippen LogP contribution is 2.37. The molecule has 1 aromatic carbocycles. The number of rotatable bonds is 2. The molecule has 0 N–H and O–H groups in total. The fourth-order valence-electron chi connectivity index (χ4n) is 5.16. The van der Waals surface area contributed by atoms with Crippen molar-refractivity contribution in [3.8, 4) is 0 Å². The summed E-state index contributed by atoms with van der Waals surface area (Å²) in [5.74, 6) is 1.36. The van der Waals surface area contributed by atoms with Crippen molar-refractivity contribution in [1.29, 1.82) is 0 Å². The van der Waals surface area contributed by atoms with Crippen LogP contribution in [-0.4, -0.2) is 9.78 Å².